The predicted octanol–water partition coefficient (Wildman–Crippen LogP) is 3.47. The molecule has 0 aromatic heterocycles. The van der Waals surface area contributed by atoms with Crippen LogP contribution in [0.5, 0.6) is 5.75 Å². The van der Waals surface area contributed by atoms with Gasteiger partial charge in [-0.25, -0.2) is 4.90 Å². The minimum atomic E-state index is -0.267. The molecular formula is C22H22N2O3. The van der Waals surface area contributed by atoms with Crippen molar-refractivity contribution in [3.05, 3.63) is 65.9 Å². The van der Waals surface area contributed by atoms with Crippen LogP contribution in [0.2, 0.25) is 0 Å². The van der Waals surface area contributed by atoms with Crippen molar-refractivity contribution in [2.75, 3.05) is 25.1 Å². The van der Waals surface area contributed by atoms with Crippen molar-refractivity contribution >= 4 is 23.1 Å². The number of anilines is 1. The van der Waals surface area contributed by atoms with Crippen LogP contribution in [0.25, 0.3) is 5.57 Å². The van der Waals surface area contributed by atoms with Gasteiger partial charge in [-0.1, -0.05) is 30.3 Å². The lowest BCUT2D eigenvalue weighted by Crippen LogP contribution is -2.37. The van der Waals surface area contributed by atoms with E-state index in [2.05, 4.69) is 4.90 Å². The van der Waals surface area contributed by atoms with Crippen molar-refractivity contribution < 1.29 is 14.3 Å². The van der Waals surface area contributed by atoms with Crippen LogP contribution in [0.4, 0.5) is 5.69 Å². The lowest BCUT2D eigenvalue weighted by Gasteiger charge is -2.29. The van der Waals surface area contributed by atoms with E-state index < -0.39 is 0 Å². The van der Waals surface area contributed by atoms with E-state index >= 15 is 0 Å². The van der Waals surface area contributed by atoms with Crippen molar-refractivity contribution in [2.45, 2.75) is 19.3 Å². The molecule has 2 heterocycles. The van der Waals surface area contributed by atoms with Crippen molar-refractivity contribution in [2.24, 2.45) is 0 Å². The van der Waals surface area contributed by atoms with E-state index in [1.54, 1.807) is 19.2 Å². The second kappa shape index (κ2) is 7.27. The monoisotopic (exact) mass is 362 g/mol. The molecule has 5 nitrogen and oxygen atoms in total. The lowest BCUT2D eigenvalue weighted by molar-refractivity contribution is -0.120. The Labute approximate surface area is 158 Å². The molecule has 0 saturated carbocycles. The predicted molar refractivity (Wildman–Crippen MR) is 104 cm³/mol. The molecule has 0 radical (unpaired) electrons. The van der Waals surface area contributed by atoms with Crippen LogP contribution in [0.15, 0.2) is 60.3 Å². The Bertz CT molecular complexity index is 882. The second-order valence-corrected chi connectivity index (χ2v) is 6.78. The van der Waals surface area contributed by atoms with Gasteiger partial charge in [0.2, 0.25) is 0 Å². The Balaban J connectivity index is 1.81. The number of piperidine rings is 1. The molecule has 0 spiro atoms. The van der Waals surface area contributed by atoms with E-state index in [1.807, 2.05) is 42.5 Å². The number of para-hydroxylation sites is 1. The van der Waals surface area contributed by atoms with Gasteiger partial charge in [0.15, 0.2) is 0 Å². The molecule has 5 heteroatoms. The Morgan fingerprint density at radius 2 is 1.48 bits per heavy atom. The molecule has 4 rings (SSSR count). The Kier molecular flexibility index (Phi) is 4.67. The maximum absolute atomic E-state index is 13.3. The SMILES string of the molecule is COc1ccc(C2=C(N3CCCCC3)C(=O)N(c3ccccc3)C2=O)cc1. The van der Waals surface area contributed by atoms with E-state index in [4.69, 9.17) is 4.74 Å². The maximum atomic E-state index is 13.3. The third-order valence-electron chi connectivity index (χ3n) is 5.12. The number of hydrogen-bond acceptors (Lipinski definition) is 4. The van der Waals surface area contributed by atoms with Crippen LogP contribution in [0, 0.1) is 0 Å². The fraction of sp³-hybridized carbons (Fsp3) is 0.273. The van der Waals surface area contributed by atoms with Gasteiger partial charge in [-0.15, -0.1) is 0 Å². The number of amides is 2. The second-order valence-electron chi connectivity index (χ2n) is 6.78. The molecular weight excluding hydrogens is 340 g/mol. The number of ether oxygens (including phenoxy) is 1. The van der Waals surface area contributed by atoms with Crippen LogP contribution in [-0.4, -0.2) is 36.9 Å². The molecule has 138 valence electrons. The van der Waals surface area contributed by atoms with Gasteiger partial charge >= 0.3 is 0 Å². The molecule has 1 saturated heterocycles. The maximum Gasteiger partial charge on any atom is 0.282 e. The van der Waals surface area contributed by atoms with E-state index in [1.165, 1.54) is 4.90 Å². The van der Waals surface area contributed by atoms with E-state index in [-0.39, 0.29) is 11.8 Å². The number of benzene rings is 2. The number of imide groups is 1. The largest absolute Gasteiger partial charge is 0.497 e. The zero-order chi connectivity index (χ0) is 18.8. The van der Waals surface area contributed by atoms with Crippen LogP contribution in [0.1, 0.15) is 24.8 Å². The molecule has 0 aliphatic carbocycles. The summed E-state index contributed by atoms with van der Waals surface area (Å²) in [6, 6.07) is 16.5. The van der Waals surface area contributed by atoms with E-state index in [9.17, 15) is 9.59 Å². The average Bonchev–Trinajstić information content (AvgIpc) is 2.99. The molecule has 0 unspecified atom stereocenters. The smallest absolute Gasteiger partial charge is 0.282 e. The number of nitrogens with zero attached hydrogens (tertiary/aromatic N) is 2. The van der Waals surface area contributed by atoms with Crippen molar-refractivity contribution in [1.82, 2.24) is 4.90 Å². The first-order valence-electron chi connectivity index (χ1n) is 9.28. The normalized spacial score (nSPS) is 17.7. The van der Waals surface area contributed by atoms with Gasteiger partial charge in [-0.3, -0.25) is 9.59 Å². The lowest BCUT2D eigenvalue weighted by atomic mass is 10.0. The van der Waals surface area contributed by atoms with E-state index in [0.29, 0.717) is 17.0 Å². The molecule has 2 aromatic carbocycles. The fourth-order valence-corrected chi connectivity index (χ4v) is 3.76. The summed E-state index contributed by atoms with van der Waals surface area (Å²) in [6.45, 7) is 1.60. The number of hydrogen-bond donors (Lipinski definition) is 0. The summed E-state index contributed by atoms with van der Waals surface area (Å²) in [5, 5.41) is 0. The summed E-state index contributed by atoms with van der Waals surface area (Å²) in [7, 11) is 1.61. The Morgan fingerprint density at radius 3 is 2.11 bits per heavy atom. The molecule has 0 bridgehead atoms. The average molecular weight is 362 g/mol. The zero-order valence-corrected chi connectivity index (χ0v) is 15.4. The summed E-state index contributed by atoms with van der Waals surface area (Å²) in [5.74, 6) is 0.214. The number of carbonyl (C=O) groups excluding carboxylic acids is 2. The quantitative estimate of drug-likeness (QED) is 0.782. The molecule has 2 amide bonds. The Morgan fingerprint density at radius 1 is 0.815 bits per heavy atom. The van der Waals surface area contributed by atoms with Gasteiger partial charge in [-0.2, -0.15) is 0 Å². The fourth-order valence-electron chi connectivity index (χ4n) is 3.76. The van der Waals surface area contributed by atoms with Gasteiger partial charge in [0.1, 0.15) is 11.4 Å². The summed E-state index contributed by atoms with van der Waals surface area (Å²) in [6.07, 6.45) is 3.23. The van der Waals surface area contributed by atoms with Gasteiger partial charge in [0.05, 0.1) is 18.4 Å². The first-order chi connectivity index (χ1) is 13.2. The third kappa shape index (κ3) is 3.10. The molecule has 2 aliphatic rings. The van der Waals surface area contributed by atoms with Crippen molar-refractivity contribution in [3.8, 4) is 5.75 Å². The summed E-state index contributed by atoms with van der Waals surface area (Å²) in [4.78, 5) is 30.0. The van der Waals surface area contributed by atoms with Crippen LogP contribution in [-0.2, 0) is 9.59 Å². The number of likely N-dealkylation sites (tertiary alicyclic amines) is 1. The first-order valence-corrected chi connectivity index (χ1v) is 9.28. The highest BCUT2D eigenvalue weighted by atomic mass is 16.5. The molecule has 2 aliphatic heterocycles. The molecule has 1 fully saturated rings. The van der Waals surface area contributed by atoms with Gasteiger partial charge in [-0.05, 0) is 49.1 Å². The highest BCUT2D eigenvalue weighted by Crippen LogP contribution is 2.36. The standard InChI is InChI=1S/C22H22N2O3/c1-27-18-12-10-16(11-13-18)19-20(23-14-6-3-7-15-23)22(26)24(21(19)25)17-8-4-2-5-9-17/h2,4-5,8-13H,3,6-7,14-15H2,1H3. The molecule has 0 N–H and O–H groups in total. The highest BCUT2D eigenvalue weighted by molar-refractivity contribution is 6.45. The minimum absolute atomic E-state index is 0.237. The van der Waals surface area contributed by atoms with Crippen LogP contribution < -0.4 is 9.64 Å². The van der Waals surface area contributed by atoms with Crippen molar-refractivity contribution in [3.63, 3.8) is 0 Å². The Hall–Kier alpha value is -3.08. The topological polar surface area (TPSA) is 49.9 Å². The molecule has 2 aromatic rings. The number of rotatable bonds is 4. The van der Waals surface area contributed by atoms with Gasteiger partial charge in [0, 0.05) is 13.1 Å². The summed E-state index contributed by atoms with van der Waals surface area (Å²) < 4.78 is 5.22. The summed E-state index contributed by atoms with van der Waals surface area (Å²) in [5.41, 5.74) is 2.35. The summed E-state index contributed by atoms with van der Waals surface area (Å²) >= 11 is 0. The number of carbonyl (C=O) groups is 2. The van der Waals surface area contributed by atoms with Crippen LogP contribution >= 0.6 is 0 Å². The third-order valence-corrected chi connectivity index (χ3v) is 5.12. The minimum Gasteiger partial charge on any atom is -0.497 e. The van der Waals surface area contributed by atoms with E-state index in [0.717, 1.165) is 43.7 Å². The first kappa shape index (κ1) is 17.3. The van der Waals surface area contributed by atoms with Gasteiger partial charge in [0.25, 0.3) is 11.8 Å². The zero-order valence-electron chi connectivity index (χ0n) is 15.4. The van der Waals surface area contributed by atoms with Crippen molar-refractivity contribution in [1.29, 1.82) is 0 Å². The molecule has 0 atom stereocenters. The van der Waals surface area contributed by atoms with Gasteiger partial charge < -0.3 is 9.64 Å². The highest BCUT2D eigenvalue weighted by Gasteiger charge is 2.42. The number of methoxy groups -OCH3 is 1. The molecule has 27 heavy (non-hydrogen) atoms. The van der Waals surface area contributed by atoms with Crippen LogP contribution in [0.3, 0.4) is 0 Å².